The van der Waals surface area contributed by atoms with Gasteiger partial charge < -0.3 is 0 Å². The molecule has 1 aliphatic heterocycles. The van der Waals surface area contributed by atoms with Gasteiger partial charge in [0.25, 0.3) is 17.5 Å². The third-order valence-electron chi connectivity index (χ3n) is 4.97. The number of allylic oxidation sites excluding steroid dienone is 2. The molecule has 4 rings (SSSR count). The normalized spacial score (nSPS) is 17.4. The van der Waals surface area contributed by atoms with Crippen molar-refractivity contribution < 1.29 is 14.5 Å². The lowest BCUT2D eigenvalue weighted by atomic mass is 9.96. The first kappa shape index (κ1) is 21.4. The third kappa shape index (κ3) is 4.46. The molecule has 158 valence electrons. The molecule has 0 atom stereocenters. The molecule has 1 N–H and O–H groups in total. The molecule has 2 amide bonds. The molecule has 0 spiro atoms. The lowest BCUT2D eigenvalue weighted by Gasteiger charge is -2.17. The molecule has 10 heteroatoms. The van der Waals surface area contributed by atoms with Crippen molar-refractivity contribution in [3.63, 3.8) is 0 Å². The summed E-state index contributed by atoms with van der Waals surface area (Å²) < 4.78 is 0.229. The van der Waals surface area contributed by atoms with E-state index in [2.05, 4.69) is 5.43 Å². The van der Waals surface area contributed by atoms with Crippen molar-refractivity contribution in [2.45, 2.75) is 25.7 Å². The molecule has 1 fully saturated rings. The Hall–Kier alpha value is -2.82. The first-order valence-corrected chi connectivity index (χ1v) is 11.6. The Kier molecular flexibility index (Phi) is 6.30. The second kappa shape index (κ2) is 9.13. The van der Waals surface area contributed by atoms with Crippen LogP contribution >= 0.6 is 35.3 Å². The van der Waals surface area contributed by atoms with E-state index in [0.717, 1.165) is 48.0 Å². The molecule has 1 aliphatic carbocycles. The number of nitrogens with zero attached hydrogens (tertiary/aromatic N) is 2. The molecule has 2 heterocycles. The molecule has 2 aromatic rings. The largest absolute Gasteiger partial charge is 0.285 e. The van der Waals surface area contributed by atoms with Crippen LogP contribution in [0.25, 0.3) is 6.08 Å². The fraction of sp³-hybridized carbons (Fsp3) is 0.190. The van der Waals surface area contributed by atoms with Crippen LogP contribution in [0.4, 0.5) is 5.69 Å². The zero-order valence-corrected chi connectivity index (χ0v) is 18.6. The van der Waals surface area contributed by atoms with Crippen LogP contribution in [0.15, 0.2) is 46.7 Å². The minimum Gasteiger partial charge on any atom is -0.267 e. The number of thiophene rings is 1. The average Bonchev–Trinajstić information content (AvgIpc) is 3.30. The molecular formula is C21H17N3O4S3. The van der Waals surface area contributed by atoms with Gasteiger partial charge in [0.1, 0.15) is 0 Å². The summed E-state index contributed by atoms with van der Waals surface area (Å²) in [5.41, 5.74) is 4.71. The summed E-state index contributed by atoms with van der Waals surface area (Å²) in [6.45, 7) is 0. The first-order valence-electron chi connectivity index (χ1n) is 9.54. The van der Waals surface area contributed by atoms with E-state index in [4.69, 9.17) is 12.2 Å². The van der Waals surface area contributed by atoms with Gasteiger partial charge in [0.15, 0.2) is 4.32 Å². The smallest absolute Gasteiger partial charge is 0.267 e. The second-order valence-electron chi connectivity index (χ2n) is 6.91. The van der Waals surface area contributed by atoms with Crippen molar-refractivity contribution in [2.24, 2.45) is 0 Å². The molecule has 2 aliphatic rings. The van der Waals surface area contributed by atoms with Crippen LogP contribution in [-0.4, -0.2) is 26.1 Å². The van der Waals surface area contributed by atoms with E-state index in [1.807, 2.05) is 5.38 Å². The zero-order valence-electron chi connectivity index (χ0n) is 16.2. The van der Waals surface area contributed by atoms with E-state index in [9.17, 15) is 19.7 Å². The number of benzene rings is 1. The van der Waals surface area contributed by atoms with Crippen LogP contribution in [0.5, 0.6) is 0 Å². The van der Waals surface area contributed by atoms with Crippen molar-refractivity contribution in [1.82, 2.24) is 10.4 Å². The second-order valence-corrected chi connectivity index (χ2v) is 9.55. The van der Waals surface area contributed by atoms with E-state index < -0.39 is 10.8 Å². The van der Waals surface area contributed by atoms with Gasteiger partial charge in [-0.05, 0) is 61.7 Å². The summed E-state index contributed by atoms with van der Waals surface area (Å²) in [4.78, 5) is 37.7. The van der Waals surface area contributed by atoms with Crippen LogP contribution in [-0.2, 0) is 17.6 Å². The molecule has 7 nitrogen and oxygen atoms in total. The Balaban J connectivity index is 1.47. The number of fused-ring (bicyclic) bond motifs is 1. The summed E-state index contributed by atoms with van der Waals surface area (Å²) in [5, 5.41) is 14.0. The van der Waals surface area contributed by atoms with E-state index in [1.165, 1.54) is 17.0 Å². The maximum atomic E-state index is 12.8. The monoisotopic (exact) mass is 471 g/mol. The number of hydrazine groups is 1. The molecule has 0 unspecified atom stereocenters. The average molecular weight is 472 g/mol. The topological polar surface area (TPSA) is 92.6 Å². The number of para-hydroxylation sites is 1. The number of thiocarbonyl (C=S) groups is 1. The molecule has 1 saturated heterocycles. The number of thioether (sulfide) groups is 1. The van der Waals surface area contributed by atoms with Gasteiger partial charge in [-0.25, -0.2) is 0 Å². The van der Waals surface area contributed by atoms with Gasteiger partial charge in [0.2, 0.25) is 0 Å². The lowest BCUT2D eigenvalue weighted by Crippen LogP contribution is -2.45. The highest BCUT2D eigenvalue weighted by atomic mass is 32.2. The highest BCUT2D eigenvalue weighted by Gasteiger charge is 2.34. The zero-order chi connectivity index (χ0) is 22.0. The number of nitro benzene ring substituents is 1. The Morgan fingerprint density at radius 1 is 1.26 bits per heavy atom. The van der Waals surface area contributed by atoms with Crippen LogP contribution in [0.1, 0.15) is 39.2 Å². The summed E-state index contributed by atoms with van der Waals surface area (Å²) in [6, 6.07) is 6.33. The quantitative estimate of drug-likeness (QED) is 0.296. The molecule has 0 bridgehead atoms. The number of hydrogen-bond acceptors (Lipinski definition) is 7. The van der Waals surface area contributed by atoms with Gasteiger partial charge >= 0.3 is 0 Å². The number of nitro groups is 1. The van der Waals surface area contributed by atoms with Crippen LogP contribution in [0.3, 0.4) is 0 Å². The maximum Gasteiger partial charge on any atom is 0.285 e. The minimum absolute atomic E-state index is 0.0222. The molecule has 1 aromatic heterocycles. The molecule has 1 aromatic carbocycles. The van der Waals surface area contributed by atoms with Crippen LogP contribution in [0, 0.1) is 10.1 Å². The number of rotatable bonds is 5. The third-order valence-corrected chi connectivity index (χ3v) is 7.38. The molecular weight excluding hydrogens is 454 g/mol. The van der Waals surface area contributed by atoms with E-state index in [0.29, 0.717) is 16.0 Å². The number of amides is 2. The SMILES string of the molecule is O=C(NN1C(=O)C(=CC=Cc2ccccc2[N+](=O)[O-])SC1=S)c1csc2c1CCCC2. The predicted molar refractivity (Wildman–Crippen MR) is 126 cm³/mol. The number of hydrogen-bond donors (Lipinski definition) is 1. The van der Waals surface area contributed by atoms with Crippen LogP contribution < -0.4 is 5.43 Å². The highest BCUT2D eigenvalue weighted by Crippen LogP contribution is 2.32. The summed E-state index contributed by atoms with van der Waals surface area (Å²) in [7, 11) is 0. The van der Waals surface area contributed by atoms with Gasteiger partial charge in [-0.1, -0.05) is 30.0 Å². The van der Waals surface area contributed by atoms with E-state index in [1.54, 1.807) is 41.7 Å². The van der Waals surface area contributed by atoms with Gasteiger partial charge in [-0.15, -0.1) is 11.3 Å². The van der Waals surface area contributed by atoms with Gasteiger partial charge in [0, 0.05) is 16.3 Å². The lowest BCUT2D eigenvalue weighted by molar-refractivity contribution is -0.385. The Morgan fingerprint density at radius 2 is 2.03 bits per heavy atom. The Bertz CT molecular complexity index is 1150. The van der Waals surface area contributed by atoms with E-state index in [-0.39, 0.29) is 15.9 Å². The fourth-order valence-electron chi connectivity index (χ4n) is 3.46. The van der Waals surface area contributed by atoms with Crippen molar-refractivity contribution in [1.29, 1.82) is 0 Å². The predicted octanol–water partition coefficient (Wildman–Crippen LogP) is 4.64. The van der Waals surface area contributed by atoms with Gasteiger partial charge in [0.05, 0.1) is 21.0 Å². The van der Waals surface area contributed by atoms with Crippen LogP contribution in [0.2, 0.25) is 0 Å². The van der Waals surface area contributed by atoms with Crippen molar-refractivity contribution in [3.8, 4) is 0 Å². The van der Waals surface area contributed by atoms with Crippen molar-refractivity contribution in [3.05, 3.63) is 78.4 Å². The van der Waals surface area contributed by atoms with E-state index >= 15 is 0 Å². The highest BCUT2D eigenvalue weighted by molar-refractivity contribution is 8.26. The molecule has 0 radical (unpaired) electrons. The molecule has 0 saturated carbocycles. The van der Waals surface area contributed by atoms with Gasteiger partial charge in [-0.2, -0.15) is 5.01 Å². The van der Waals surface area contributed by atoms with Gasteiger partial charge in [-0.3, -0.25) is 25.1 Å². The summed E-state index contributed by atoms with van der Waals surface area (Å²) in [6.07, 6.45) is 8.70. The number of carbonyl (C=O) groups is 2. The minimum atomic E-state index is -0.460. The molecule has 31 heavy (non-hydrogen) atoms. The number of nitrogens with one attached hydrogen (secondary N) is 1. The Morgan fingerprint density at radius 3 is 2.84 bits per heavy atom. The van der Waals surface area contributed by atoms with Crippen molar-refractivity contribution >= 4 is 63.2 Å². The number of carbonyl (C=O) groups excluding carboxylic acids is 2. The first-order chi connectivity index (χ1) is 15.0. The maximum absolute atomic E-state index is 12.8. The fourth-order valence-corrected chi connectivity index (χ4v) is 5.72. The Labute approximate surface area is 191 Å². The summed E-state index contributed by atoms with van der Waals surface area (Å²) in [5.74, 6) is -0.771. The standard InChI is InChI=1S/C21H17N3O4S3/c25-19(15-12-30-17-10-4-2-8-14(15)17)22-23-20(26)18(31-21(23)29)11-5-7-13-6-1-3-9-16(13)24(27)28/h1,3,5-7,9,11-12H,2,4,8,10H2,(H,22,25). The summed E-state index contributed by atoms with van der Waals surface area (Å²) >= 11 is 7.91. The number of aryl methyl sites for hydroxylation is 1. The van der Waals surface area contributed by atoms with Crippen molar-refractivity contribution in [2.75, 3.05) is 0 Å².